The van der Waals surface area contributed by atoms with Crippen molar-refractivity contribution in [3.63, 3.8) is 0 Å². The summed E-state index contributed by atoms with van der Waals surface area (Å²) in [6.45, 7) is 13.7. The molecule has 0 amide bonds. The molecule has 1 unspecified atom stereocenters. The molecule has 0 spiro atoms. The summed E-state index contributed by atoms with van der Waals surface area (Å²) >= 11 is 0. The standard InChI is InChI=1S/C16H29NO/c1-13(9-10-14-8-7-11-18-14)17-16(5,6)12-15(2,3)4/h7-8,11,13,17H,9-10,12H2,1-6H3. The number of furan rings is 1. The third kappa shape index (κ3) is 6.25. The van der Waals surface area contributed by atoms with Gasteiger partial charge in [-0.3, -0.25) is 0 Å². The van der Waals surface area contributed by atoms with Crippen molar-refractivity contribution >= 4 is 0 Å². The van der Waals surface area contributed by atoms with Crippen LogP contribution < -0.4 is 5.32 Å². The normalized spacial score (nSPS) is 14.8. The van der Waals surface area contributed by atoms with E-state index in [1.54, 1.807) is 6.26 Å². The largest absolute Gasteiger partial charge is 0.469 e. The van der Waals surface area contributed by atoms with Crippen LogP contribution >= 0.6 is 0 Å². The van der Waals surface area contributed by atoms with E-state index < -0.39 is 0 Å². The monoisotopic (exact) mass is 251 g/mol. The van der Waals surface area contributed by atoms with Crippen molar-refractivity contribution in [3.05, 3.63) is 24.2 Å². The maximum absolute atomic E-state index is 5.37. The number of hydrogen-bond donors (Lipinski definition) is 1. The van der Waals surface area contributed by atoms with Gasteiger partial charge in [0, 0.05) is 18.0 Å². The molecule has 1 N–H and O–H groups in total. The minimum atomic E-state index is 0.181. The summed E-state index contributed by atoms with van der Waals surface area (Å²) in [4.78, 5) is 0. The highest BCUT2D eigenvalue weighted by molar-refractivity contribution is 4.98. The minimum Gasteiger partial charge on any atom is -0.469 e. The number of aryl methyl sites for hydroxylation is 1. The SMILES string of the molecule is CC(CCc1ccco1)NC(C)(C)CC(C)(C)C. The fraction of sp³-hybridized carbons (Fsp3) is 0.750. The Kier molecular flexibility index (Phi) is 5.03. The quantitative estimate of drug-likeness (QED) is 0.810. The fourth-order valence-corrected chi connectivity index (χ4v) is 2.93. The van der Waals surface area contributed by atoms with Crippen LogP contribution in [0.3, 0.4) is 0 Å². The van der Waals surface area contributed by atoms with E-state index in [4.69, 9.17) is 4.42 Å². The van der Waals surface area contributed by atoms with Gasteiger partial charge in [0.25, 0.3) is 0 Å². The summed E-state index contributed by atoms with van der Waals surface area (Å²) in [7, 11) is 0. The molecule has 0 bridgehead atoms. The molecule has 2 nitrogen and oxygen atoms in total. The molecule has 0 aliphatic rings. The van der Waals surface area contributed by atoms with Gasteiger partial charge in [-0.05, 0) is 51.2 Å². The highest BCUT2D eigenvalue weighted by Gasteiger charge is 2.26. The molecule has 0 aromatic carbocycles. The average molecular weight is 251 g/mol. The van der Waals surface area contributed by atoms with Crippen LogP contribution in [-0.4, -0.2) is 11.6 Å². The first kappa shape index (κ1) is 15.3. The van der Waals surface area contributed by atoms with Crippen LogP contribution in [0.25, 0.3) is 0 Å². The second-order valence-corrected chi connectivity index (χ2v) is 7.28. The third-order valence-corrected chi connectivity index (χ3v) is 3.01. The number of nitrogens with one attached hydrogen (secondary N) is 1. The van der Waals surface area contributed by atoms with Crippen molar-refractivity contribution in [1.29, 1.82) is 0 Å². The second kappa shape index (κ2) is 5.92. The third-order valence-electron chi connectivity index (χ3n) is 3.01. The summed E-state index contributed by atoms with van der Waals surface area (Å²) in [6, 6.07) is 4.51. The molecule has 0 aliphatic carbocycles. The Hall–Kier alpha value is -0.760. The van der Waals surface area contributed by atoms with E-state index in [1.165, 1.54) is 6.42 Å². The first-order valence-corrected chi connectivity index (χ1v) is 6.98. The molecule has 104 valence electrons. The highest BCUT2D eigenvalue weighted by Crippen LogP contribution is 2.27. The Morgan fingerprint density at radius 1 is 1.22 bits per heavy atom. The number of hydrogen-bond acceptors (Lipinski definition) is 2. The van der Waals surface area contributed by atoms with Crippen LogP contribution in [0.15, 0.2) is 22.8 Å². The van der Waals surface area contributed by atoms with Crippen molar-refractivity contribution in [1.82, 2.24) is 5.32 Å². The summed E-state index contributed by atoms with van der Waals surface area (Å²) in [6.07, 6.45) is 5.04. The molecule has 0 radical (unpaired) electrons. The van der Waals surface area contributed by atoms with E-state index >= 15 is 0 Å². The Balaban J connectivity index is 2.36. The smallest absolute Gasteiger partial charge is 0.103 e. The van der Waals surface area contributed by atoms with Crippen molar-refractivity contribution < 1.29 is 4.42 Å². The topological polar surface area (TPSA) is 25.2 Å². The Bertz CT molecular complexity index is 332. The van der Waals surface area contributed by atoms with Crippen LogP contribution in [-0.2, 0) is 6.42 Å². The maximum atomic E-state index is 5.37. The van der Waals surface area contributed by atoms with E-state index in [1.807, 2.05) is 12.1 Å². The van der Waals surface area contributed by atoms with E-state index in [2.05, 4.69) is 46.9 Å². The lowest BCUT2D eigenvalue weighted by Crippen LogP contribution is -2.47. The molecule has 1 aromatic rings. The zero-order chi connectivity index (χ0) is 13.8. The molecule has 18 heavy (non-hydrogen) atoms. The van der Waals surface area contributed by atoms with Gasteiger partial charge in [-0.1, -0.05) is 20.8 Å². The molecule has 1 rings (SSSR count). The van der Waals surface area contributed by atoms with Crippen LogP contribution in [0.2, 0.25) is 0 Å². The van der Waals surface area contributed by atoms with Crippen LogP contribution in [0.4, 0.5) is 0 Å². The molecule has 2 heteroatoms. The van der Waals surface area contributed by atoms with E-state index in [9.17, 15) is 0 Å². The van der Waals surface area contributed by atoms with Gasteiger partial charge in [-0.2, -0.15) is 0 Å². The lowest BCUT2D eigenvalue weighted by molar-refractivity contribution is 0.222. The minimum absolute atomic E-state index is 0.181. The van der Waals surface area contributed by atoms with Crippen LogP contribution in [0.5, 0.6) is 0 Å². The first-order valence-electron chi connectivity index (χ1n) is 6.98. The van der Waals surface area contributed by atoms with Gasteiger partial charge < -0.3 is 9.73 Å². The Morgan fingerprint density at radius 2 is 1.89 bits per heavy atom. The second-order valence-electron chi connectivity index (χ2n) is 7.28. The van der Waals surface area contributed by atoms with Gasteiger partial charge >= 0.3 is 0 Å². The van der Waals surface area contributed by atoms with Gasteiger partial charge in [0.15, 0.2) is 0 Å². The van der Waals surface area contributed by atoms with Crippen molar-refractivity contribution in [2.45, 2.75) is 72.4 Å². The molecule has 1 atom stereocenters. The van der Waals surface area contributed by atoms with E-state index in [0.29, 0.717) is 11.5 Å². The van der Waals surface area contributed by atoms with Gasteiger partial charge in [0.2, 0.25) is 0 Å². The van der Waals surface area contributed by atoms with Crippen molar-refractivity contribution in [2.75, 3.05) is 0 Å². The van der Waals surface area contributed by atoms with Crippen molar-refractivity contribution in [3.8, 4) is 0 Å². The van der Waals surface area contributed by atoms with Gasteiger partial charge in [0.1, 0.15) is 5.76 Å². The molecule has 1 heterocycles. The van der Waals surface area contributed by atoms with Gasteiger partial charge in [-0.15, -0.1) is 0 Å². The lowest BCUT2D eigenvalue weighted by Gasteiger charge is -2.36. The predicted octanol–water partition coefficient (Wildman–Crippen LogP) is 4.41. The summed E-state index contributed by atoms with van der Waals surface area (Å²) in [5.41, 5.74) is 0.540. The van der Waals surface area contributed by atoms with E-state index in [-0.39, 0.29) is 5.54 Å². The van der Waals surface area contributed by atoms with Crippen LogP contribution in [0.1, 0.15) is 60.1 Å². The first-order chi connectivity index (χ1) is 8.18. The molecular weight excluding hydrogens is 222 g/mol. The maximum Gasteiger partial charge on any atom is 0.103 e. The summed E-state index contributed by atoms with van der Waals surface area (Å²) in [5.74, 6) is 1.08. The molecule has 0 aliphatic heterocycles. The molecule has 0 saturated heterocycles. The molecule has 0 saturated carbocycles. The van der Waals surface area contributed by atoms with Gasteiger partial charge in [-0.25, -0.2) is 0 Å². The molecular formula is C16H29NO. The zero-order valence-electron chi connectivity index (χ0n) is 12.8. The molecule has 0 fully saturated rings. The fourth-order valence-electron chi connectivity index (χ4n) is 2.93. The highest BCUT2D eigenvalue weighted by atomic mass is 16.3. The lowest BCUT2D eigenvalue weighted by atomic mass is 9.81. The summed E-state index contributed by atoms with van der Waals surface area (Å²) in [5, 5.41) is 3.73. The summed E-state index contributed by atoms with van der Waals surface area (Å²) < 4.78 is 5.37. The van der Waals surface area contributed by atoms with Crippen LogP contribution in [0, 0.1) is 5.41 Å². The number of rotatable bonds is 6. The van der Waals surface area contributed by atoms with Crippen molar-refractivity contribution in [2.24, 2.45) is 5.41 Å². The predicted molar refractivity (Wildman–Crippen MR) is 77.8 cm³/mol. The Labute approximate surface area is 112 Å². The Morgan fingerprint density at radius 3 is 2.39 bits per heavy atom. The van der Waals surface area contributed by atoms with Gasteiger partial charge in [0.05, 0.1) is 6.26 Å². The zero-order valence-corrected chi connectivity index (χ0v) is 12.8. The average Bonchev–Trinajstić information content (AvgIpc) is 2.61. The van der Waals surface area contributed by atoms with E-state index in [0.717, 1.165) is 18.6 Å². The molecule has 1 aromatic heterocycles.